The summed E-state index contributed by atoms with van der Waals surface area (Å²) in [6.07, 6.45) is 12.0. The summed E-state index contributed by atoms with van der Waals surface area (Å²) in [5.41, 5.74) is 8.63. The molecule has 1 nitrogen and oxygen atoms in total. The van der Waals surface area contributed by atoms with E-state index in [1.54, 1.807) is 0 Å². The van der Waals surface area contributed by atoms with Gasteiger partial charge >= 0.3 is 0 Å². The monoisotopic (exact) mass is 435 g/mol. The third kappa shape index (κ3) is 3.66. The summed E-state index contributed by atoms with van der Waals surface area (Å²) in [7, 11) is 0. The Labute approximate surface area is 195 Å². The van der Waals surface area contributed by atoms with Crippen LogP contribution in [-0.2, 0) is 0 Å². The Morgan fingerprint density at radius 3 is 1.97 bits per heavy atom. The molecule has 2 heteroatoms. The van der Waals surface area contributed by atoms with Crippen molar-refractivity contribution in [2.24, 2.45) is 0 Å². The van der Waals surface area contributed by atoms with Gasteiger partial charge in [0, 0.05) is 22.2 Å². The van der Waals surface area contributed by atoms with E-state index < -0.39 is 0 Å². The van der Waals surface area contributed by atoms with Gasteiger partial charge in [0.1, 0.15) is 0 Å². The Balaban J connectivity index is 2.04. The van der Waals surface area contributed by atoms with Crippen LogP contribution < -0.4 is 0 Å². The van der Waals surface area contributed by atoms with Crippen molar-refractivity contribution in [2.45, 2.75) is 13.8 Å². The van der Waals surface area contributed by atoms with Crippen LogP contribution in [0.15, 0.2) is 86.0 Å². The molecule has 158 valence electrons. The first-order valence-electron chi connectivity index (χ1n) is 10.7. The van der Waals surface area contributed by atoms with Crippen LogP contribution in [0, 0.1) is 0 Å². The molecule has 0 aliphatic carbocycles. The highest BCUT2D eigenvalue weighted by molar-refractivity contribution is 6.33. The minimum atomic E-state index is 0.702. The van der Waals surface area contributed by atoms with Crippen molar-refractivity contribution in [1.82, 2.24) is 4.57 Å². The second kappa shape index (κ2) is 9.30. The molecule has 0 N–H and O–H groups in total. The van der Waals surface area contributed by atoms with Crippen molar-refractivity contribution >= 4 is 46.8 Å². The molecule has 0 saturated heterocycles. The van der Waals surface area contributed by atoms with Gasteiger partial charge in [0.15, 0.2) is 0 Å². The largest absolute Gasteiger partial charge is 0.309 e. The molecule has 0 aliphatic heterocycles. The average molecular weight is 436 g/mol. The summed E-state index contributed by atoms with van der Waals surface area (Å²) in [5.74, 6) is 0. The molecular formula is C30H26ClN. The lowest BCUT2D eigenvalue weighted by Gasteiger charge is -2.12. The molecule has 0 unspecified atom stereocenters. The fourth-order valence-corrected chi connectivity index (χ4v) is 4.57. The van der Waals surface area contributed by atoms with Crippen LogP contribution in [-0.4, -0.2) is 4.57 Å². The number of allylic oxidation sites excluding steroid dienone is 2. The number of hydrogen-bond acceptors (Lipinski definition) is 0. The zero-order chi connectivity index (χ0) is 22.7. The second-order valence-electron chi connectivity index (χ2n) is 7.54. The molecule has 0 radical (unpaired) electrons. The van der Waals surface area contributed by atoms with E-state index in [4.69, 9.17) is 11.6 Å². The summed E-state index contributed by atoms with van der Waals surface area (Å²) < 4.78 is 2.23. The fraction of sp³-hybridized carbons (Fsp3) is 0.0667. The quantitative estimate of drug-likeness (QED) is 0.284. The first-order valence-corrected chi connectivity index (χ1v) is 11.1. The van der Waals surface area contributed by atoms with Gasteiger partial charge in [0.25, 0.3) is 0 Å². The summed E-state index contributed by atoms with van der Waals surface area (Å²) in [4.78, 5) is 0. The van der Waals surface area contributed by atoms with E-state index in [2.05, 4.69) is 78.4 Å². The summed E-state index contributed by atoms with van der Waals surface area (Å²) in [5, 5.41) is 1.82. The molecule has 0 bridgehead atoms. The average Bonchev–Trinajstić information content (AvgIpc) is 3.13. The predicted molar refractivity (Wildman–Crippen MR) is 143 cm³/mol. The van der Waals surface area contributed by atoms with E-state index in [9.17, 15) is 0 Å². The molecule has 0 aliphatic rings. The smallest absolute Gasteiger partial charge is 0.0562 e. The minimum absolute atomic E-state index is 0.702. The van der Waals surface area contributed by atoms with Crippen LogP contribution in [0.4, 0.5) is 0 Å². The molecule has 0 amide bonds. The molecule has 3 aromatic carbocycles. The van der Waals surface area contributed by atoms with Crippen molar-refractivity contribution in [3.63, 3.8) is 0 Å². The van der Waals surface area contributed by atoms with Crippen molar-refractivity contribution in [3.8, 4) is 16.8 Å². The van der Waals surface area contributed by atoms with E-state index in [0.717, 1.165) is 39.0 Å². The first-order chi connectivity index (χ1) is 15.6. The second-order valence-corrected chi connectivity index (χ2v) is 7.94. The zero-order valence-electron chi connectivity index (χ0n) is 18.5. The van der Waals surface area contributed by atoms with Gasteiger partial charge in [0.05, 0.1) is 16.2 Å². The van der Waals surface area contributed by atoms with E-state index in [-0.39, 0.29) is 0 Å². The van der Waals surface area contributed by atoms with Gasteiger partial charge in [-0.3, -0.25) is 0 Å². The lowest BCUT2D eigenvalue weighted by atomic mass is 9.98. The van der Waals surface area contributed by atoms with Crippen molar-refractivity contribution in [3.05, 3.63) is 113 Å². The molecule has 32 heavy (non-hydrogen) atoms. The lowest BCUT2D eigenvalue weighted by molar-refractivity contribution is 1.11. The normalized spacial score (nSPS) is 11.6. The summed E-state index contributed by atoms with van der Waals surface area (Å²) in [6, 6.07) is 21.1. The molecule has 0 spiro atoms. The molecule has 4 rings (SSSR count). The van der Waals surface area contributed by atoms with Gasteiger partial charge < -0.3 is 4.57 Å². The Morgan fingerprint density at radius 1 is 0.750 bits per heavy atom. The van der Waals surface area contributed by atoms with Crippen LogP contribution in [0.25, 0.3) is 52.0 Å². The van der Waals surface area contributed by atoms with Crippen LogP contribution in [0.3, 0.4) is 0 Å². The number of fused-ring (bicyclic) bond motifs is 1. The van der Waals surface area contributed by atoms with E-state index in [1.165, 1.54) is 11.1 Å². The molecule has 0 atom stereocenters. The highest BCUT2D eigenvalue weighted by Crippen LogP contribution is 2.39. The van der Waals surface area contributed by atoms with Gasteiger partial charge in [-0.2, -0.15) is 0 Å². The van der Waals surface area contributed by atoms with Crippen molar-refractivity contribution in [2.75, 3.05) is 0 Å². The first kappa shape index (κ1) is 21.7. The Morgan fingerprint density at radius 2 is 1.38 bits per heavy atom. The molecule has 0 saturated carbocycles. The third-order valence-electron chi connectivity index (χ3n) is 5.66. The van der Waals surface area contributed by atoms with Gasteiger partial charge in [-0.25, -0.2) is 0 Å². The standard InChI is InChI=1S/C30H26ClN/c1-5-12-25-24(7-3)30-26(13-6-2)28(8-4)32(29(30)20-27(25)31)23-18-16-22(17-19-23)21-14-10-9-11-15-21/h5-20H,3-4H2,1-2H3/b12-5-,13-6-. The molecule has 0 fully saturated rings. The Bertz CT molecular complexity index is 1350. The minimum Gasteiger partial charge on any atom is -0.309 e. The number of hydrogen-bond donors (Lipinski definition) is 0. The molecular weight excluding hydrogens is 410 g/mol. The number of halogens is 1. The highest BCUT2D eigenvalue weighted by atomic mass is 35.5. The van der Waals surface area contributed by atoms with Gasteiger partial charge in [-0.15, -0.1) is 0 Å². The maximum absolute atomic E-state index is 6.76. The van der Waals surface area contributed by atoms with E-state index >= 15 is 0 Å². The fourth-order valence-electron chi connectivity index (χ4n) is 4.31. The van der Waals surface area contributed by atoms with Crippen LogP contribution >= 0.6 is 11.6 Å². The van der Waals surface area contributed by atoms with E-state index in [0.29, 0.717) is 5.02 Å². The number of aromatic nitrogens is 1. The predicted octanol–water partition coefficient (Wildman–Crippen LogP) is 9.30. The Hall–Kier alpha value is -3.55. The number of rotatable bonds is 6. The van der Waals surface area contributed by atoms with Crippen LogP contribution in [0.5, 0.6) is 0 Å². The number of benzene rings is 3. The number of nitrogens with zero attached hydrogens (tertiary/aromatic N) is 1. The molecule has 1 heterocycles. The highest BCUT2D eigenvalue weighted by Gasteiger charge is 2.20. The lowest BCUT2D eigenvalue weighted by Crippen LogP contribution is -1.97. The zero-order valence-corrected chi connectivity index (χ0v) is 19.2. The summed E-state index contributed by atoms with van der Waals surface area (Å²) >= 11 is 6.76. The maximum Gasteiger partial charge on any atom is 0.0562 e. The van der Waals surface area contributed by atoms with Gasteiger partial charge in [-0.1, -0.05) is 97.6 Å². The van der Waals surface area contributed by atoms with Gasteiger partial charge in [-0.05, 0) is 54.8 Å². The third-order valence-corrected chi connectivity index (χ3v) is 5.97. The molecule has 1 aromatic heterocycles. The SMILES string of the molecule is C=Cc1c(/C=C\C)c(Cl)cc2c1c(/C=C\C)c(C=C)n2-c1ccc(-c2ccccc2)cc1. The van der Waals surface area contributed by atoms with Gasteiger partial charge in [0.2, 0.25) is 0 Å². The topological polar surface area (TPSA) is 4.93 Å². The Kier molecular flexibility index (Phi) is 6.30. The van der Waals surface area contributed by atoms with E-state index in [1.807, 2.05) is 50.3 Å². The van der Waals surface area contributed by atoms with Crippen LogP contribution in [0.1, 0.15) is 36.2 Å². The van der Waals surface area contributed by atoms with Crippen molar-refractivity contribution in [1.29, 1.82) is 0 Å². The summed E-state index contributed by atoms with van der Waals surface area (Å²) in [6.45, 7) is 12.3. The van der Waals surface area contributed by atoms with Crippen LogP contribution in [0.2, 0.25) is 5.02 Å². The maximum atomic E-state index is 6.76. The van der Waals surface area contributed by atoms with Crippen molar-refractivity contribution < 1.29 is 0 Å². The molecule has 4 aromatic rings.